The van der Waals surface area contributed by atoms with Crippen LogP contribution in [0.1, 0.15) is 62.3 Å². The predicted molar refractivity (Wildman–Crippen MR) is 99.6 cm³/mol. The SMILES string of the molecule is CC(C)=C/C(C)=[CH]\[U](/[CH]=C(/C)C=C(C)C)/[CH]=C(/C)C=C(C)C. The van der Waals surface area contributed by atoms with Gasteiger partial charge in [-0.15, -0.1) is 0 Å². The van der Waals surface area contributed by atoms with Crippen LogP contribution in [0.3, 0.4) is 0 Å². The molecular formula is C21H33U. The van der Waals surface area contributed by atoms with Crippen molar-refractivity contribution in [2.24, 2.45) is 0 Å². The molecule has 0 aromatic carbocycles. The number of hydrogen-bond donors (Lipinski definition) is 0. The van der Waals surface area contributed by atoms with Gasteiger partial charge in [0.05, 0.1) is 0 Å². The Kier molecular flexibility index (Phi) is 10.8. The molecule has 0 aromatic heterocycles. The molecule has 0 amide bonds. The van der Waals surface area contributed by atoms with Gasteiger partial charge in [0.1, 0.15) is 0 Å². The number of hydrogen-bond acceptors (Lipinski definition) is 0. The zero-order valence-corrected chi connectivity index (χ0v) is 20.1. The van der Waals surface area contributed by atoms with Crippen LogP contribution in [0.5, 0.6) is 0 Å². The summed E-state index contributed by atoms with van der Waals surface area (Å²) in [6, 6.07) is 0. The van der Waals surface area contributed by atoms with Crippen molar-refractivity contribution in [3.05, 3.63) is 61.0 Å². The molecule has 0 saturated carbocycles. The molecule has 0 aromatic rings. The van der Waals surface area contributed by atoms with Gasteiger partial charge in [0.2, 0.25) is 0 Å². The van der Waals surface area contributed by atoms with Gasteiger partial charge < -0.3 is 0 Å². The zero-order valence-electron chi connectivity index (χ0n) is 16.0. The molecule has 22 heavy (non-hydrogen) atoms. The van der Waals surface area contributed by atoms with Gasteiger partial charge in [-0.3, -0.25) is 0 Å². The summed E-state index contributed by atoms with van der Waals surface area (Å²) in [6.45, 7) is 19.7. The fraction of sp³-hybridized carbons (Fsp3) is 0.429. The summed E-state index contributed by atoms with van der Waals surface area (Å²) in [5.41, 5.74) is 8.35. The van der Waals surface area contributed by atoms with Crippen molar-refractivity contribution in [1.29, 1.82) is 0 Å². The van der Waals surface area contributed by atoms with E-state index in [2.05, 4.69) is 89.9 Å². The molecule has 0 radical (unpaired) electrons. The summed E-state index contributed by atoms with van der Waals surface area (Å²) in [6.07, 6.45) is 6.88. The van der Waals surface area contributed by atoms with E-state index in [1.54, 1.807) is 0 Å². The van der Waals surface area contributed by atoms with E-state index in [1.165, 1.54) is 33.4 Å². The molecule has 0 atom stereocenters. The minimum atomic E-state index is -2.13. The molecule has 0 aliphatic carbocycles. The molecule has 0 saturated heterocycles. The first-order chi connectivity index (χ1) is 10.1. The standard InChI is InChI=1S/3C7H11.U/c3*1-6(2)5-7(3)4;/h3*1,5H,2-4H3;. The average molecular weight is 524 g/mol. The van der Waals surface area contributed by atoms with Crippen molar-refractivity contribution in [3.8, 4) is 0 Å². The quantitative estimate of drug-likeness (QED) is 0.323. The summed E-state index contributed by atoms with van der Waals surface area (Å²) in [7, 11) is 0. The van der Waals surface area contributed by atoms with Gasteiger partial charge in [0, 0.05) is 0 Å². The maximum atomic E-state index is 2.55. The number of allylic oxidation sites excluding steroid dienone is 9. The van der Waals surface area contributed by atoms with Crippen molar-refractivity contribution in [2.45, 2.75) is 62.3 Å². The molecule has 0 heterocycles. The van der Waals surface area contributed by atoms with Crippen LogP contribution < -0.4 is 0 Å². The maximum absolute atomic E-state index is 2.55. The molecule has 0 bridgehead atoms. The fourth-order valence-electron chi connectivity index (χ4n) is 2.40. The second kappa shape index (κ2) is 11.1. The van der Waals surface area contributed by atoms with Crippen molar-refractivity contribution >= 4 is 0 Å². The van der Waals surface area contributed by atoms with E-state index in [-0.39, 0.29) is 0 Å². The first-order valence-electron chi connectivity index (χ1n) is 7.96. The van der Waals surface area contributed by atoms with Crippen molar-refractivity contribution in [1.82, 2.24) is 0 Å². The van der Waals surface area contributed by atoms with E-state index in [0.29, 0.717) is 0 Å². The summed E-state index contributed by atoms with van der Waals surface area (Å²) in [5.74, 6) is 0. The molecule has 0 N–H and O–H groups in total. The van der Waals surface area contributed by atoms with Gasteiger partial charge in [-0.05, 0) is 0 Å². The van der Waals surface area contributed by atoms with E-state index in [1.807, 2.05) is 0 Å². The van der Waals surface area contributed by atoms with Crippen LogP contribution in [-0.2, 0) is 0 Å². The van der Waals surface area contributed by atoms with E-state index in [0.717, 1.165) is 0 Å². The van der Waals surface area contributed by atoms with Crippen LogP contribution in [0.15, 0.2) is 61.0 Å². The van der Waals surface area contributed by atoms with E-state index in [4.69, 9.17) is 0 Å². The minimum absolute atomic E-state index is 1.37. The first kappa shape index (κ1) is 21.5. The number of rotatable bonds is 6. The Labute approximate surface area is 148 Å². The Bertz CT molecular complexity index is 456. The van der Waals surface area contributed by atoms with E-state index in [9.17, 15) is 0 Å². The summed E-state index contributed by atoms with van der Waals surface area (Å²) < 4.78 is 7.66. The Hall–Kier alpha value is -0.508. The normalized spacial score (nSPS) is 12.7. The van der Waals surface area contributed by atoms with Gasteiger partial charge >= 0.3 is 149 Å². The Balaban J connectivity index is 5.65. The molecule has 0 fully saturated rings. The molecule has 0 aliphatic rings. The van der Waals surface area contributed by atoms with Gasteiger partial charge in [0.15, 0.2) is 0 Å². The summed E-state index contributed by atoms with van der Waals surface area (Å²) in [5, 5.41) is 0. The van der Waals surface area contributed by atoms with Crippen LogP contribution in [0.2, 0.25) is 0 Å². The molecule has 0 unspecified atom stereocenters. The van der Waals surface area contributed by atoms with Crippen LogP contribution in [-0.4, -0.2) is 0 Å². The van der Waals surface area contributed by atoms with Gasteiger partial charge in [0.25, 0.3) is 0 Å². The topological polar surface area (TPSA) is 0 Å². The van der Waals surface area contributed by atoms with E-state index < -0.39 is 26.0 Å². The molecule has 1 heteroatoms. The Morgan fingerprint density at radius 3 is 0.864 bits per heavy atom. The van der Waals surface area contributed by atoms with Crippen LogP contribution in [0.25, 0.3) is 0 Å². The van der Waals surface area contributed by atoms with Crippen molar-refractivity contribution in [3.63, 3.8) is 0 Å². The molecule has 0 nitrogen and oxygen atoms in total. The third-order valence-electron chi connectivity index (χ3n) is 2.73. The molecule has 121 valence electrons. The second-order valence-electron chi connectivity index (χ2n) is 6.83. The third kappa shape index (κ3) is 12.1. The van der Waals surface area contributed by atoms with Crippen LogP contribution in [0, 0.1) is 26.0 Å². The van der Waals surface area contributed by atoms with Crippen LogP contribution >= 0.6 is 0 Å². The summed E-state index contributed by atoms with van der Waals surface area (Å²) >= 11 is -2.13. The van der Waals surface area contributed by atoms with Gasteiger partial charge in [-0.1, -0.05) is 0 Å². The van der Waals surface area contributed by atoms with E-state index >= 15 is 0 Å². The van der Waals surface area contributed by atoms with Crippen LogP contribution in [0.4, 0.5) is 0 Å². The van der Waals surface area contributed by atoms with Crippen molar-refractivity contribution in [2.75, 3.05) is 0 Å². The monoisotopic (exact) mass is 523 g/mol. The summed E-state index contributed by atoms with van der Waals surface area (Å²) in [4.78, 5) is 0. The van der Waals surface area contributed by atoms with Gasteiger partial charge in [-0.25, -0.2) is 0 Å². The molecule has 0 rings (SSSR count). The third-order valence-corrected chi connectivity index (χ3v) is 12.6. The predicted octanol–water partition coefficient (Wildman–Crippen LogP) is 7.22. The first-order valence-corrected chi connectivity index (χ1v) is 15.2. The molecule has 0 spiro atoms. The second-order valence-corrected chi connectivity index (χ2v) is 14.6. The van der Waals surface area contributed by atoms with Gasteiger partial charge in [-0.2, -0.15) is 0 Å². The molecule has 0 aliphatic heterocycles. The zero-order chi connectivity index (χ0) is 17.3. The Morgan fingerprint density at radius 2 is 0.682 bits per heavy atom. The van der Waals surface area contributed by atoms with Crippen molar-refractivity contribution < 1.29 is 26.0 Å². The Morgan fingerprint density at radius 1 is 0.455 bits per heavy atom. The average Bonchev–Trinajstić information content (AvgIpc) is 2.23. The fourth-order valence-corrected chi connectivity index (χ4v) is 11.1. The molecular weight excluding hydrogens is 490 g/mol.